The van der Waals surface area contributed by atoms with Gasteiger partial charge < -0.3 is 14.7 Å². The zero-order valence-corrected chi connectivity index (χ0v) is 9.35. The van der Waals surface area contributed by atoms with Gasteiger partial charge in [-0.1, -0.05) is 6.07 Å². The maximum absolute atomic E-state index is 11.3. The summed E-state index contributed by atoms with van der Waals surface area (Å²) < 4.78 is 5.05. The van der Waals surface area contributed by atoms with Gasteiger partial charge in [0.2, 0.25) is 5.91 Å². The first-order valence-corrected chi connectivity index (χ1v) is 4.63. The van der Waals surface area contributed by atoms with Gasteiger partial charge in [-0.3, -0.25) is 4.79 Å². The molecule has 0 unspecified atom stereocenters. The first kappa shape index (κ1) is 12.0. The number of para-hydroxylation sites is 1. The van der Waals surface area contributed by atoms with Gasteiger partial charge in [0.05, 0.1) is 12.7 Å². The second-order valence-electron chi connectivity index (χ2n) is 3.24. The maximum Gasteiger partial charge on any atom is 0.337 e. The molecule has 1 aromatic carbocycles. The first-order valence-electron chi connectivity index (χ1n) is 4.63. The highest BCUT2D eigenvalue weighted by atomic mass is 16.5. The highest BCUT2D eigenvalue weighted by Crippen LogP contribution is 2.31. The number of ether oxygens (including phenoxy) is 1. The molecule has 1 amide bonds. The third-order valence-corrected chi connectivity index (χ3v) is 2.26. The zero-order chi connectivity index (χ0) is 12.3. The molecule has 0 aliphatic rings. The fourth-order valence-electron chi connectivity index (χ4n) is 1.36. The summed E-state index contributed by atoms with van der Waals surface area (Å²) in [5.74, 6) is -0.994. The molecule has 86 valence electrons. The van der Waals surface area contributed by atoms with Gasteiger partial charge in [-0.15, -0.1) is 0 Å². The van der Waals surface area contributed by atoms with Crippen LogP contribution < -0.4 is 9.64 Å². The van der Waals surface area contributed by atoms with E-state index in [1.165, 1.54) is 32.0 Å². The van der Waals surface area contributed by atoms with Crippen molar-refractivity contribution in [3.05, 3.63) is 23.8 Å². The molecule has 5 nitrogen and oxygen atoms in total. The minimum absolute atomic E-state index is 0.0389. The Hall–Kier alpha value is -2.04. The van der Waals surface area contributed by atoms with Crippen LogP contribution in [0, 0.1) is 0 Å². The standard InChI is InChI=1S/C11H13NO4/c1-7(13)12(2)10-8(11(14)15)5-4-6-9(10)16-3/h4-6H,1-3H3,(H,14,15). The van der Waals surface area contributed by atoms with Crippen LogP contribution in [0.5, 0.6) is 5.75 Å². The smallest absolute Gasteiger partial charge is 0.337 e. The van der Waals surface area contributed by atoms with E-state index in [1.807, 2.05) is 0 Å². The average Bonchev–Trinajstić information content (AvgIpc) is 2.26. The first-order chi connectivity index (χ1) is 7.49. The third kappa shape index (κ3) is 2.13. The summed E-state index contributed by atoms with van der Waals surface area (Å²) in [7, 11) is 2.94. The normalized spacial score (nSPS) is 9.69. The summed E-state index contributed by atoms with van der Waals surface area (Å²) in [6.07, 6.45) is 0. The van der Waals surface area contributed by atoms with Gasteiger partial charge in [0.25, 0.3) is 0 Å². The van der Waals surface area contributed by atoms with Gasteiger partial charge in [0, 0.05) is 14.0 Å². The van der Waals surface area contributed by atoms with Crippen LogP contribution in [0.4, 0.5) is 5.69 Å². The molecule has 0 fully saturated rings. The van der Waals surface area contributed by atoms with Crippen molar-refractivity contribution in [3.63, 3.8) is 0 Å². The summed E-state index contributed by atoms with van der Waals surface area (Å²) in [6, 6.07) is 4.61. The summed E-state index contributed by atoms with van der Waals surface area (Å²) in [5.41, 5.74) is 0.307. The summed E-state index contributed by atoms with van der Waals surface area (Å²) in [5, 5.41) is 9.02. The number of carboxylic acid groups (broad SMARTS) is 1. The Bertz CT molecular complexity index is 428. The Kier molecular flexibility index (Phi) is 3.50. The molecule has 16 heavy (non-hydrogen) atoms. The predicted octanol–water partition coefficient (Wildman–Crippen LogP) is 1.38. The molecular weight excluding hydrogens is 210 g/mol. The number of hydrogen-bond donors (Lipinski definition) is 1. The van der Waals surface area contributed by atoms with Crippen molar-refractivity contribution in [2.24, 2.45) is 0 Å². The number of nitrogens with zero attached hydrogens (tertiary/aromatic N) is 1. The van der Waals surface area contributed by atoms with Crippen molar-refractivity contribution < 1.29 is 19.4 Å². The molecular formula is C11H13NO4. The Labute approximate surface area is 93.2 Å². The van der Waals surface area contributed by atoms with E-state index in [4.69, 9.17) is 9.84 Å². The Balaban J connectivity index is 3.41. The van der Waals surface area contributed by atoms with Gasteiger partial charge >= 0.3 is 5.97 Å². The molecule has 0 radical (unpaired) electrons. The number of methoxy groups -OCH3 is 1. The van der Waals surface area contributed by atoms with E-state index < -0.39 is 5.97 Å². The highest BCUT2D eigenvalue weighted by Gasteiger charge is 2.20. The molecule has 0 spiro atoms. The molecule has 0 heterocycles. The van der Waals surface area contributed by atoms with Crippen LogP contribution in [-0.2, 0) is 4.79 Å². The minimum atomic E-state index is -1.10. The van der Waals surface area contributed by atoms with Crippen molar-refractivity contribution in [2.75, 3.05) is 19.1 Å². The van der Waals surface area contributed by atoms with E-state index in [2.05, 4.69) is 0 Å². The lowest BCUT2D eigenvalue weighted by Gasteiger charge is -2.20. The molecule has 0 aliphatic carbocycles. The van der Waals surface area contributed by atoms with E-state index in [0.717, 1.165) is 0 Å². The lowest BCUT2D eigenvalue weighted by Crippen LogP contribution is -2.25. The second kappa shape index (κ2) is 4.65. The van der Waals surface area contributed by atoms with Crippen LogP contribution in [0.1, 0.15) is 17.3 Å². The second-order valence-corrected chi connectivity index (χ2v) is 3.24. The fourth-order valence-corrected chi connectivity index (χ4v) is 1.36. The number of benzene rings is 1. The van der Waals surface area contributed by atoms with Crippen molar-refractivity contribution in [2.45, 2.75) is 6.92 Å². The summed E-state index contributed by atoms with van der Waals surface area (Å²) >= 11 is 0. The monoisotopic (exact) mass is 223 g/mol. The number of carboxylic acids is 1. The van der Waals surface area contributed by atoms with E-state index in [-0.39, 0.29) is 17.2 Å². The van der Waals surface area contributed by atoms with Gasteiger partial charge in [-0.2, -0.15) is 0 Å². The highest BCUT2D eigenvalue weighted by molar-refractivity contribution is 6.02. The number of rotatable bonds is 3. The van der Waals surface area contributed by atoms with Crippen LogP contribution in [0.25, 0.3) is 0 Å². The number of anilines is 1. The van der Waals surface area contributed by atoms with Gasteiger partial charge in [-0.05, 0) is 12.1 Å². The molecule has 5 heteroatoms. The van der Waals surface area contributed by atoms with E-state index in [1.54, 1.807) is 12.1 Å². The number of carbonyl (C=O) groups is 2. The Morgan fingerprint density at radius 2 is 2.00 bits per heavy atom. The van der Waals surface area contributed by atoms with E-state index >= 15 is 0 Å². The SMILES string of the molecule is COc1cccc(C(=O)O)c1N(C)C(C)=O. The van der Waals surface area contributed by atoms with E-state index in [0.29, 0.717) is 5.75 Å². The molecule has 0 aromatic heterocycles. The van der Waals surface area contributed by atoms with Gasteiger partial charge in [0.1, 0.15) is 11.4 Å². The van der Waals surface area contributed by atoms with Crippen LogP contribution in [-0.4, -0.2) is 31.1 Å². The Morgan fingerprint density at radius 3 is 2.44 bits per heavy atom. The minimum Gasteiger partial charge on any atom is -0.495 e. The molecule has 0 atom stereocenters. The number of aromatic carboxylic acids is 1. The maximum atomic E-state index is 11.3. The summed E-state index contributed by atoms with van der Waals surface area (Å²) in [4.78, 5) is 23.5. The fraction of sp³-hybridized carbons (Fsp3) is 0.273. The molecule has 1 aromatic rings. The molecule has 1 N–H and O–H groups in total. The van der Waals surface area contributed by atoms with Gasteiger partial charge in [0.15, 0.2) is 0 Å². The van der Waals surface area contributed by atoms with Crippen LogP contribution in [0.15, 0.2) is 18.2 Å². The van der Waals surface area contributed by atoms with Crippen LogP contribution in [0.3, 0.4) is 0 Å². The predicted molar refractivity (Wildman–Crippen MR) is 59.0 cm³/mol. The van der Waals surface area contributed by atoms with Gasteiger partial charge in [-0.25, -0.2) is 4.79 Å². The van der Waals surface area contributed by atoms with Crippen molar-refractivity contribution >= 4 is 17.6 Å². The molecule has 1 rings (SSSR count). The quantitative estimate of drug-likeness (QED) is 0.840. The topological polar surface area (TPSA) is 66.8 Å². The van der Waals surface area contributed by atoms with Crippen molar-refractivity contribution in [1.29, 1.82) is 0 Å². The average molecular weight is 223 g/mol. The van der Waals surface area contributed by atoms with Crippen molar-refractivity contribution in [3.8, 4) is 5.75 Å². The largest absolute Gasteiger partial charge is 0.495 e. The molecule has 0 saturated carbocycles. The Morgan fingerprint density at radius 1 is 1.38 bits per heavy atom. The number of carbonyl (C=O) groups excluding carboxylic acids is 1. The van der Waals surface area contributed by atoms with Crippen molar-refractivity contribution in [1.82, 2.24) is 0 Å². The lowest BCUT2D eigenvalue weighted by molar-refractivity contribution is -0.116. The number of hydrogen-bond acceptors (Lipinski definition) is 3. The molecule has 0 saturated heterocycles. The summed E-state index contributed by atoms with van der Waals surface area (Å²) in [6.45, 7) is 1.36. The number of amides is 1. The third-order valence-electron chi connectivity index (χ3n) is 2.26. The molecule has 0 aliphatic heterocycles. The molecule has 0 bridgehead atoms. The van der Waals surface area contributed by atoms with Crippen LogP contribution in [0.2, 0.25) is 0 Å². The lowest BCUT2D eigenvalue weighted by atomic mass is 10.1. The van der Waals surface area contributed by atoms with E-state index in [9.17, 15) is 9.59 Å². The van der Waals surface area contributed by atoms with Crippen LogP contribution >= 0.6 is 0 Å². The zero-order valence-electron chi connectivity index (χ0n) is 9.35.